The number of aliphatic hydroxyl groups is 1. The van der Waals surface area contributed by atoms with Crippen LogP contribution in [-0.2, 0) is 5.60 Å². The summed E-state index contributed by atoms with van der Waals surface area (Å²) in [6.45, 7) is 2.13. The van der Waals surface area contributed by atoms with Crippen LogP contribution in [0, 0.1) is 5.92 Å². The lowest BCUT2D eigenvalue weighted by Gasteiger charge is -2.51. The lowest BCUT2D eigenvalue weighted by molar-refractivity contribution is -0.111. The first-order valence-electron chi connectivity index (χ1n) is 7.07. The van der Waals surface area contributed by atoms with Gasteiger partial charge < -0.3 is 9.84 Å². The minimum absolute atomic E-state index is 0.221. The number of methoxy groups -OCH3 is 1. The fraction of sp³-hybridized carbons (Fsp3) is 0.333. The van der Waals surface area contributed by atoms with Gasteiger partial charge in [-0.2, -0.15) is 0 Å². The summed E-state index contributed by atoms with van der Waals surface area (Å²) in [6, 6.07) is 18.2. The Bertz CT molecular complexity index is 576. The number of rotatable bonds is 3. The van der Waals surface area contributed by atoms with E-state index in [9.17, 15) is 5.11 Å². The molecular weight excluding hydrogens is 248 g/mol. The summed E-state index contributed by atoms with van der Waals surface area (Å²) in [6.07, 6.45) is 0.782. The topological polar surface area (TPSA) is 29.5 Å². The molecule has 0 saturated heterocycles. The Hall–Kier alpha value is -1.80. The van der Waals surface area contributed by atoms with E-state index in [0.717, 1.165) is 17.7 Å². The monoisotopic (exact) mass is 268 g/mol. The Labute approximate surface area is 120 Å². The van der Waals surface area contributed by atoms with Crippen LogP contribution in [0.3, 0.4) is 0 Å². The highest BCUT2D eigenvalue weighted by Gasteiger charge is 2.51. The van der Waals surface area contributed by atoms with Gasteiger partial charge in [0.1, 0.15) is 5.75 Å². The molecule has 3 rings (SSSR count). The fourth-order valence-electron chi connectivity index (χ4n) is 3.24. The Kier molecular flexibility index (Phi) is 3.27. The normalized spacial score (nSPS) is 28.8. The smallest absolute Gasteiger partial charge is 0.118 e. The summed E-state index contributed by atoms with van der Waals surface area (Å²) in [5.74, 6) is 1.50. The van der Waals surface area contributed by atoms with Crippen LogP contribution >= 0.6 is 0 Å². The molecule has 20 heavy (non-hydrogen) atoms. The molecule has 2 nitrogen and oxygen atoms in total. The Morgan fingerprint density at radius 2 is 1.70 bits per heavy atom. The molecule has 1 saturated carbocycles. The number of benzene rings is 2. The summed E-state index contributed by atoms with van der Waals surface area (Å²) >= 11 is 0. The molecule has 2 heteroatoms. The summed E-state index contributed by atoms with van der Waals surface area (Å²) in [7, 11) is 1.68. The third-order valence-corrected chi connectivity index (χ3v) is 4.71. The van der Waals surface area contributed by atoms with E-state index >= 15 is 0 Å². The van der Waals surface area contributed by atoms with E-state index in [1.807, 2.05) is 42.5 Å². The lowest BCUT2D eigenvalue weighted by Crippen LogP contribution is -2.48. The summed E-state index contributed by atoms with van der Waals surface area (Å²) < 4.78 is 5.19. The Balaban J connectivity index is 1.80. The van der Waals surface area contributed by atoms with Crippen LogP contribution in [-0.4, -0.2) is 12.2 Å². The molecule has 0 aromatic heterocycles. The molecule has 3 atom stereocenters. The molecule has 0 amide bonds. The van der Waals surface area contributed by atoms with Crippen LogP contribution in [0.2, 0.25) is 0 Å². The van der Waals surface area contributed by atoms with Gasteiger partial charge in [-0.1, -0.05) is 49.4 Å². The predicted octanol–water partition coefficient (Wildman–Crippen LogP) is 3.71. The summed E-state index contributed by atoms with van der Waals surface area (Å²) in [5, 5.41) is 10.9. The first kappa shape index (κ1) is 13.2. The van der Waals surface area contributed by atoms with Gasteiger partial charge in [-0.15, -0.1) is 0 Å². The van der Waals surface area contributed by atoms with Crippen molar-refractivity contribution in [2.45, 2.75) is 24.9 Å². The highest BCUT2D eigenvalue weighted by molar-refractivity contribution is 5.36. The van der Waals surface area contributed by atoms with Crippen LogP contribution in [0.5, 0.6) is 5.75 Å². The summed E-state index contributed by atoms with van der Waals surface area (Å²) in [5.41, 5.74) is 1.61. The van der Waals surface area contributed by atoms with Crippen molar-refractivity contribution in [1.29, 1.82) is 0 Å². The molecule has 2 aromatic carbocycles. The third-order valence-electron chi connectivity index (χ3n) is 4.71. The van der Waals surface area contributed by atoms with Crippen molar-refractivity contribution in [3.05, 3.63) is 65.7 Å². The van der Waals surface area contributed by atoms with Crippen molar-refractivity contribution in [3.8, 4) is 5.75 Å². The standard InChI is InChI=1S/C18H20O2/c1-13-17(14-8-10-16(20-2)11-9-14)12-18(13,19)15-6-4-3-5-7-15/h3-11,13,17,19H,12H2,1-2H3/t13?,17-,18+/m0/s1. The minimum atomic E-state index is -0.689. The van der Waals surface area contributed by atoms with Crippen LogP contribution in [0.15, 0.2) is 54.6 Å². The zero-order valence-corrected chi connectivity index (χ0v) is 11.9. The van der Waals surface area contributed by atoms with Crippen LogP contribution in [0.25, 0.3) is 0 Å². The molecule has 0 aliphatic heterocycles. The zero-order chi connectivity index (χ0) is 14.2. The molecule has 1 aliphatic carbocycles. The second-order valence-electron chi connectivity index (χ2n) is 5.66. The van der Waals surface area contributed by atoms with E-state index in [1.165, 1.54) is 5.56 Å². The first-order valence-corrected chi connectivity index (χ1v) is 7.07. The van der Waals surface area contributed by atoms with Crippen molar-refractivity contribution in [3.63, 3.8) is 0 Å². The molecule has 104 valence electrons. The van der Waals surface area contributed by atoms with E-state index in [4.69, 9.17) is 4.74 Å². The molecule has 1 aliphatic rings. The van der Waals surface area contributed by atoms with Crippen LogP contribution < -0.4 is 4.74 Å². The van der Waals surface area contributed by atoms with Crippen molar-refractivity contribution >= 4 is 0 Å². The van der Waals surface area contributed by atoms with Gasteiger partial charge in [0.2, 0.25) is 0 Å². The average molecular weight is 268 g/mol. The highest BCUT2D eigenvalue weighted by Crippen LogP contribution is 2.55. The van der Waals surface area contributed by atoms with Gasteiger partial charge in [0.25, 0.3) is 0 Å². The SMILES string of the molecule is COc1ccc([C@H]2C[C@](O)(c3ccccc3)C2C)cc1. The van der Waals surface area contributed by atoms with Crippen molar-refractivity contribution in [1.82, 2.24) is 0 Å². The highest BCUT2D eigenvalue weighted by atomic mass is 16.5. The van der Waals surface area contributed by atoms with Gasteiger partial charge in [-0.05, 0) is 41.5 Å². The third kappa shape index (κ3) is 2.01. The quantitative estimate of drug-likeness (QED) is 0.919. The molecule has 2 aromatic rings. The second kappa shape index (κ2) is 4.95. The maximum Gasteiger partial charge on any atom is 0.118 e. The van der Waals surface area contributed by atoms with Gasteiger partial charge in [0.05, 0.1) is 12.7 Å². The van der Waals surface area contributed by atoms with E-state index in [1.54, 1.807) is 7.11 Å². The van der Waals surface area contributed by atoms with Crippen molar-refractivity contribution in [2.75, 3.05) is 7.11 Å². The largest absolute Gasteiger partial charge is 0.497 e. The van der Waals surface area contributed by atoms with Crippen LogP contribution in [0.4, 0.5) is 0 Å². The predicted molar refractivity (Wildman–Crippen MR) is 79.9 cm³/mol. The number of ether oxygens (including phenoxy) is 1. The molecule has 0 bridgehead atoms. The molecule has 1 fully saturated rings. The zero-order valence-electron chi connectivity index (χ0n) is 11.9. The molecule has 0 spiro atoms. The van der Waals surface area contributed by atoms with Crippen molar-refractivity contribution in [2.24, 2.45) is 5.92 Å². The summed E-state index contributed by atoms with van der Waals surface area (Å²) in [4.78, 5) is 0. The maximum absolute atomic E-state index is 10.9. The van der Waals surface area contributed by atoms with Crippen molar-refractivity contribution < 1.29 is 9.84 Å². The first-order chi connectivity index (χ1) is 9.65. The Morgan fingerprint density at radius 1 is 1.05 bits per heavy atom. The van der Waals surface area contributed by atoms with E-state index in [2.05, 4.69) is 19.1 Å². The minimum Gasteiger partial charge on any atom is -0.497 e. The molecule has 0 radical (unpaired) electrons. The molecular formula is C18H20O2. The fourth-order valence-corrected chi connectivity index (χ4v) is 3.24. The average Bonchev–Trinajstić information content (AvgIpc) is 2.53. The second-order valence-corrected chi connectivity index (χ2v) is 5.66. The molecule has 1 N–H and O–H groups in total. The van der Waals surface area contributed by atoms with Gasteiger partial charge >= 0.3 is 0 Å². The van der Waals surface area contributed by atoms with Gasteiger partial charge in [0, 0.05) is 0 Å². The van der Waals surface area contributed by atoms with Gasteiger partial charge in [-0.25, -0.2) is 0 Å². The lowest BCUT2D eigenvalue weighted by atomic mass is 9.57. The van der Waals surface area contributed by atoms with E-state index in [-0.39, 0.29) is 5.92 Å². The molecule has 1 unspecified atom stereocenters. The van der Waals surface area contributed by atoms with Crippen LogP contribution in [0.1, 0.15) is 30.4 Å². The van der Waals surface area contributed by atoms with E-state index < -0.39 is 5.60 Å². The number of hydrogen-bond donors (Lipinski definition) is 1. The number of hydrogen-bond acceptors (Lipinski definition) is 2. The van der Waals surface area contributed by atoms with Gasteiger partial charge in [0.15, 0.2) is 0 Å². The van der Waals surface area contributed by atoms with E-state index in [0.29, 0.717) is 5.92 Å². The van der Waals surface area contributed by atoms with Gasteiger partial charge in [-0.3, -0.25) is 0 Å². The Morgan fingerprint density at radius 3 is 2.25 bits per heavy atom. The maximum atomic E-state index is 10.9. The molecule has 0 heterocycles.